The van der Waals surface area contributed by atoms with E-state index in [1.165, 1.54) is 16.7 Å². The number of amides is 2. The minimum atomic E-state index is -0.740. The van der Waals surface area contributed by atoms with Gasteiger partial charge < -0.3 is 15.3 Å². The monoisotopic (exact) mass is 529 g/mol. The maximum Gasteiger partial charge on any atom is 0.317 e. The summed E-state index contributed by atoms with van der Waals surface area (Å²) < 4.78 is 0. The summed E-state index contributed by atoms with van der Waals surface area (Å²) in [5.74, 6) is 0.458. The van der Waals surface area contributed by atoms with Gasteiger partial charge in [-0.05, 0) is 56.2 Å². The maximum absolute atomic E-state index is 13.3. The number of benzene rings is 3. The molecule has 5 nitrogen and oxygen atoms in total. The summed E-state index contributed by atoms with van der Waals surface area (Å²) in [5.41, 5.74) is 3.20. The van der Waals surface area contributed by atoms with Crippen LogP contribution in [0.1, 0.15) is 57.7 Å². The number of aliphatic hydroxyl groups is 1. The second-order valence-corrected chi connectivity index (χ2v) is 12.0. The van der Waals surface area contributed by atoms with E-state index < -0.39 is 6.10 Å². The molecular weight excluding hydrogens is 482 g/mol. The topological polar surface area (TPSA) is 55.8 Å². The molecule has 0 aliphatic rings. The number of rotatable bonds is 13. The van der Waals surface area contributed by atoms with Gasteiger partial charge in [-0.25, -0.2) is 4.79 Å². The van der Waals surface area contributed by atoms with Crippen LogP contribution in [-0.2, 0) is 19.5 Å². The van der Waals surface area contributed by atoms with Crippen molar-refractivity contribution < 1.29 is 9.90 Å². The smallest absolute Gasteiger partial charge is 0.317 e. The van der Waals surface area contributed by atoms with E-state index >= 15 is 0 Å². The Labute approximate surface area is 235 Å². The first-order valence-electron chi connectivity index (χ1n) is 14.2. The fourth-order valence-electron chi connectivity index (χ4n) is 4.73. The molecule has 3 aromatic rings. The normalized spacial score (nSPS) is 13.3. The quantitative estimate of drug-likeness (QED) is 0.265. The second-order valence-electron chi connectivity index (χ2n) is 12.0. The van der Waals surface area contributed by atoms with Crippen molar-refractivity contribution in [3.63, 3.8) is 0 Å². The summed E-state index contributed by atoms with van der Waals surface area (Å²) in [7, 11) is 0. The Bertz CT molecular complexity index is 1060. The average molecular weight is 530 g/mol. The van der Waals surface area contributed by atoms with Crippen molar-refractivity contribution in [3.8, 4) is 0 Å². The van der Waals surface area contributed by atoms with Gasteiger partial charge in [0.25, 0.3) is 0 Å². The Morgan fingerprint density at radius 2 is 1.26 bits per heavy atom. The number of hydrogen-bond donors (Lipinski definition) is 2. The van der Waals surface area contributed by atoms with Crippen molar-refractivity contribution in [1.29, 1.82) is 0 Å². The van der Waals surface area contributed by atoms with E-state index in [0.29, 0.717) is 32.0 Å². The minimum absolute atomic E-state index is 0.127. The van der Waals surface area contributed by atoms with Gasteiger partial charge in [0.05, 0.1) is 6.10 Å². The van der Waals surface area contributed by atoms with Gasteiger partial charge in [-0.2, -0.15) is 0 Å². The van der Waals surface area contributed by atoms with E-state index in [4.69, 9.17) is 0 Å². The largest absolute Gasteiger partial charge is 0.390 e. The molecule has 3 rings (SSSR count). The Balaban J connectivity index is 1.94. The van der Waals surface area contributed by atoms with Crippen LogP contribution in [0.4, 0.5) is 4.79 Å². The summed E-state index contributed by atoms with van der Waals surface area (Å²) >= 11 is 0. The number of carbonyl (C=O) groups is 1. The Kier molecular flexibility index (Phi) is 11.6. The molecule has 0 saturated carbocycles. The SMILES string of the molecule is CC(C)CCN(C[C@H](O)[C@H](Cc1ccccc1)N(Cc1ccccc1)Cc1ccccc1)C(=O)NC(C)(C)C. The summed E-state index contributed by atoms with van der Waals surface area (Å²) in [6.45, 7) is 12.6. The van der Waals surface area contributed by atoms with Crippen molar-refractivity contribution in [1.82, 2.24) is 15.1 Å². The third-order valence-corrected chi connectivity index (χ3v) is 6.81. The van der Waals surface area contributed by atoms with Crippen LogP contribution in [0, 0.1) is 5.92 Å². The second kappa shape index (κ2) is 14.9. The third-order valence-electron chi connectivity index (χ3n) is 6.81. The molecular formula is C34H47N3O2. The Hall–Kier alpha value is -3.15. The number of aliphatic hydroxyl groups excluding tert-OH is 1. The molecule has 0 spiro atoms. The highest BCUT2D eigenvalue weighted by Crippen LogP contribution is 2.21. The molecule has 0 aliphatic carbocycles. The number of nitrogens with one attached hydrogen (secondary N) is 1. The number of nitrogens with zero attached hydrogens (tertiary/aromatic N) is 2. The van der Waals surface area contributed by atoms with Crippen LogP contribution in [0.15, 0.2) is 91.0 Å². The first-order chi connectivity index (χ1) is 18.6. The molecule has 0 aromatic heterocycles. The van der Waals surface area contributed by atoms with Crippen LogP contribution < -0.4 is 5.32 Å². The summed E-state index contributed by atoms with van der Waals surface area (Å²) in [5, 5.41) is 15.0. The van der Waals surface area contributed by atoms with Crippen LogP contribution in [0.3, 0.4) is 0 Å². The molecule has 0 aliphatic heterocycles. The molecule has 2 amide bonds. The predicted octanol–water partition coefficient (Wildman–Crippen LogP) is 6.52. The van der Waals surface area contributed by atoms with Crippen LogP contribution in [-0.4, -0.2) is 51.7 Å². The van der Waals surface area contributed by atoms with E-state index in [1.807, 2.05) is 51.1 Å². The maximum atomic E-state index is 13.3. The molecule has 210 valence electrons. The fraction of sp³-hybridized carbons (Fsp3) is 0.441. The zero-order valence-electron chi connectivity index (χ0n) is 24.4. The molecule has 0 unspecified atom stereocenters. The summed E-state index contributed by atoms with van der Waals surface area (Å²) in [6, 6.07) is 30.9. The summed E-state index contributed by atoms with van der Waals surface area (Å²) in [6.07, 6.45) is 0.821. The first kappa shape index (κ1) is 30.4. The summed E-state index contributed by atoms with van der Waals surface area (Å²) in [4.78, 5) is 17.5. The molecule has 0 saturated heterocycles. The Morgan fingerprint density at radius 1 is 0.795 bits per heavy atom. The lowest BCUT2D eigenvalue weighted by molar-refractivity contribution is 0.0211. The van der Waals surface area contributed by atoms with E-state index in [2.05, 4.69) is 84.7 Å². The number of hydrogen-bond acceptors (Lipinski definition) is 3. The molecule has 2 N–H and O–H groups in total. The number of carbonyl (C=O) groups excluding carboxylic acids is 1. The standard InChI is InChI=1S/C34H47N3O2/c1-27(2)21-22-36(33(39)35-34(3,4)5)26-32(38)31(23-28-15-9-6-10-16-28)37(24-29-17-11-7-12-18-29)25-30-19-13-8-14-20-30/h6-20,27,31-32,38H,21-26H2,1-5H3,(H,35,39)/t31-,32-/m0/s1. The lowest BCUT2D eigenvalue weighted by atomic mass is 9.97. The lowest BCUT2D eigenvalue weighted by Gasteiger charge is -2.38. The van der Waals surface area contributed by atoms with Crippen molar-refractivity contribution >= 4 is 6.03 Å². The highest BCUT2D eigenvalue weighted by Gasteiger charge is 2.30. The Morgan fingerprint density at radius 3 is 1.69 bits per heavy atom. The minimum Gasteiger partial charge on any atom is -0.390 e. The van der Waals surface area contributed by atoms with Crippen LogP contribution in [0.2, 0.25) is 0 Å². The highest BCUT2D eigenvalue weighted by molar-refractivity contribution is 5.75. The van der Waals surface area contributed by atoms with Crippen molar-refractivity contribution in [2.75, 3.05) is 13.1 Å². The third kappa shape index (κ3) is 10.9. The van der Waals surface area contributed by atoms with Gasteiger partial charge in [-0.3, -0.25) is 4.90 Å². The molecule has 0 radical (unpaired) electrons. The van der Waals surface area contributed by atoms with Gasteiger partial charge in [0.1, 0.15) is 0 Å². The molecule has 3 aromatic carbocycles. The molecule has 2 atom stereocenters. The molecule has 5 heteroatoms. The molecule has 0 heterocycles. The zero-order valence-corrected chi connectivity index (χ0v) is 24.4. The van der Waals surface area contributed by atoms with E-state index in [9.17, 15) is 9.90 Å². The van der Waals surface area contributed by atoms with Gasteiger partial charge in [0.15, 0.2) is 0 Å². The lowest BCUT2D eigenvalue weighted by Crippen LogP contribution is -2.54. The van der Waals surface area contributed by atoms with Gasteiger partial charge in [-0.1, -0.05) is 105 Å². The number of urea groups is 1. The van der Waals surface area contributed by atoms with Gasteiger partial charge in [0, 0.05) is 37.8 Å². The van der Waals surface area contributed by atoms with Gasteiger partial charge >= 0.3 is 6.03 Å². The van der Waals surface area contributed by atoms with Crippen LogP contribution in [0.25, 0.3) is 0 Å². The van der Waals surface area contributed by atoms with Crippen LogP contribution in [0.5, 0.6) is 0 Å². The fourth-order valence-corrected chi connectivity index (χ4v) is 4.73. The van der Waals surface area contributed by atoms with Gasteiger partial charge in [0.2, 0.25) is 0 Å². The van der Waals surface area contributed by atoms with Gasteiger partial charge in [-0.15, -0.1) is 0 Å². The van der Waals surface area contributed by atoms with Crippen LogP contribution >= 0.6 is 0 Å². The molecule has 0 bridgehead atoms. The predicted molar refractivity (Wildman–Crippen MR) is 161 cm³/mol. The van der Waals surface area contributed by atoms with E-state index in [1.54, 1.807) is 4.90 Å². The highest BCUT2D eigenvalue weighted by atomic mass is 16.3. The van der Waals surface area contributed by atoms with E-state index in [-0.39, 0.29) is 24.2 Å². The molecule has 39 heavy (non-hydrogen) atoms. The first-order valence-corrected chi connectivity index (χ1v) is 14.2. The molecule has 0 fully saturated rings. The van der Waals surface area contributed by atoms with E-state index in [0.717, 1.165) is 6.42 Å². The van der Waals surface area contributed by atoms with Crippen molar-refractivity contribution in [2.24, 2.45) is 5.92 Å². The van der Waals surface area contributed by atoms with Crippen molar-refractivity contribution in [3.05, 3.63) is 108 Å². The zero-order chi connectivity index (χ0) is 28.3. The van der Waals surface area contributed by atoms with Crippen molar-refractivity contribution in [2.45, 2.75) is 78.2 Å². The average Bonchev–Trinajstić information content (AvgIpc) is 2.90.